The van der Waals surface area contributed by atoms with Crippen molar-refractivity contribution in [2.45, 2.75) is 20.8 Å². The molecule has 4 heteroatoms. The number of anilines is 1. The molecular weight excluding hydrogens is 250 g/mol. The third-order valence-corrected chi connectivity index (χ3v) is 3.45. The van der Waals surface area contributed by atoms with E-state index in [1.165, 1.54) is 5.56 Å². The predicted molar refractivity (Wildman–Crippen MR) is 79.9 cm³/mol. The van der Waals surface area contributed by atoms with Crippen molar-refractivity contribution < 1.29 is 4.42 Å². The van der Waals surface area contributed by atoms with Gasteiger partial charge in [0.15, 0.2) is 0 Å². The maximum Gasteiger partial charge on any atom is 0.127 e. The van der Waals surface area contributed by atoms with Crippen molar-refractivity contribution in [1.29, 1.82) is 0 Å². The van der Waals surface area contributed by atoms with Crippen LogP contribution in [0.3, 0.4) is 0 Å². The van der Waals surface area contributed by atoms with Crippen LogP contribution in [0.2, 0.25) is 0 Å². The summed E-state index contributed by atoms with van der Waals surface area (Å²) in [6, 6.07) is 10.0. The highest BCUT2D eigenvalue weighted by atomic mass is 16.3. The number of aromatic nitrogens is 2. The summed E-state index contributed by atoms with van der Waals surface area (Å²) in [6.45, 7) is 6.05. The van der Waals surface area contributed by atoms with Crippen LogP contribution in [0.5, 0.6) is 0 Å². The number of furan rings is 1. The Morgan fingerprint density at radius 3 is 2.55 bits per heavy atom. The summed E-state index contributed by atoms with van der Waals surface area (Å²) >= 11 is 0. The van der Waals surface area contributed by atoms with Crippen LogP contribution in [0.25, 0.3) is 16.9 Å². The molecule has 2 heterocycles. The molecule has 3 aromatic rings. The molecule has 102 valence electrons. The number of aryl methyl sites for hydroxylation is 3. The fraction of sp³-hybridized carbons (Fsp3) is 0.188. The first kappa shape index (κ1) is 12.5. The van der Waals surface area contributed by atoms with Crippen molar-refractivity contribution in [3.63, 3.8) is 0 Å². The van der Waals surface area contributed by atoms with Gasteiger partial charge in [0.25, 0.3) is 0 Å². The van der Waals surface area contributed by atoms with E-state index < -0.39 is 0 Å². The smallest absolute Gasteiger partial charge is 0.127 e. The molecule has 1 aromatic carbocycles. The highest BCUT2D eigenvalue weighted by Crippen LogP contribution is 2.27. The first-order chi connectivity index (χ1) is 9.56. The molecule has 0 amide bonds. The second kappa shape index (κ2) is 4.56. The molecule has 0 unspecified atom stereocenters. The molecule has 0 radical (unpaired) electrons. The van der Waals surface area contributed by atoms with Crippen LogP contribution in [0.15, 0.2) is 41.0 Å². The van der Waals surface area contributed by atoms with Crippen molar-refractivity contribution in [2.24, 2.45) is 0 Å². The Kier molecular flexibility index (Phi) is 2.86. The van der Waals surface area contributed by atoms with Gasteiger partial charge >= 0.3 is 0 Å². The average molecular weight is 267 g/mol. The maximum atomic E-state index is 6.11. The SMILES string of the molecule is Cc1ccc(-n2nc(-c3ccoc3C)cc2N)c(C)c1. The topological polar surface area (TPSA) is 57.0 Å². The summed E-state index contributed by atoms with van der Waals surface area (Å²) in [5.41, 5.74) is 11.3. The second-order valence-corrected chi connectivity index (χ2v) is 5.05. The van der Waals surface area contributed by atoms with Gasteiger partial charge in [-0.3, -0.25) is 0 Å². The lowest BCUT2D eigenvalue weighted by Crippen LogP contribution is -2.03. The van der Waals surface area contributed by atoms with Gasteiger partial charge in [0.2, 0.25) is 0 Å². The average Bonchev–Trinajstić information content (AvgIpc) is 2.96. The Morgan fingerprint density at radius 1 is 1.10 bits per heavy atom. The zero-order chi connectivity index (χ0) is 14.3. The first-order valence-corrected chi connectivity index (χ1v) is 6.54. The molecule has 0 aliphatic heterocycles. The zero-order valence-corrected chi connectivity index (χ0v) is 11.8. The molecule has 3 rings (SSSR count). The van der Waals surface area contributed by atoms with E-state index in [2.05, 4.69) is 31.1 Å². The largest absolute Gasteiger partial charge is 0.469 e. The van der Waals surface area contributed by atoms with Gasteiger partial charge in [-0.1, -0.05) is 17.7 Å². The molecule has 0 saturated heterocycles. The van der Waals surface area contributed by atoms with Gasteiger partial charge in [0.05, 0.1) is 17.6 Å². The highest BCUT2D eigenvalue weighted by Gasteiger charge is 2.13. The number of nitrogen functional groups attached to an aromatic ring is 1. The zero-order valence-electron chi connectivity index (χ0n) is 11.8. The minimum Gasteiger partial charge on any atom is -0.469 e. The van der Waals surface area contributed by atoms with Gasteiger partial charge in [-0.15, -0.1) is 0 Å². The molecule has 0 saturated carbocycles. The Morgan fingerprint density at radius 2 is 1.90 bits per heavy atom. The van der Waals surface area contributed by atoms with Gasteiger partial charge in [0.1, 0.15) is 11.6 Å². The normalized spacial score (nSPS) is 10.9. The van der Waals surface area contributed by atoms with Gasteiger partial charge in [-0.05, 0) is 38.5 Å². The monoisotopic (exact) mass is 267 g/mol. The van der Waals surface area contributed by atoms with Crippen molar-refractivity contribution in [3.8, 4) is 16.9 Å². The van der Waals surface area contributed by atoms with Crippen molar-refractivity contribution in [1.82, 2.24) is 9.78 Å². The molecule has 2 aromatic heterocycles. The summed E-state index contributed by atoms with van der Waals surface area (Å²) in [6.07, 6.45) is 1.66. The minimum atomic E-state index is 0.618. The van der Waals surface area contributed by atoms with Crippen LogP contribution >= 0.6 is 0 Å². The van der Waals surface area contributed by atoms with E-state index in [9.17, 15) is 0 Å². The summed E-state index contributed by atoms with van der Waals surface area (Å²) in [5.74, 6) is 1.46. The lowest BCUT2D eigenvalue weighted by Gasteiger charge is -2.08. The van der Waals surface area contributed by atoms with Gasteiger partial charge in [-0.25, -0.2) is 4.68 Å². The summed E-state index contributed by atoms with van der Waals surface area (Å²) in [4.78, 5) is 0. The van der Waals surface area contributed by atoms with Gasteiger partial charge in [-0.2, -0.15) is 5.10 Å². The fourth-order valence-corrected chi connectivity index (χ4v) is 2.41. The molecule has 4 nitrogen and oxygen atoms in total. The Hall–Kier alpha value is -2.49. The van der Waals surface area contributed by atoms with Crippen molar-refractivity contribution >= 4 is 5.82 Å². The Labute approximate surface area is 117 Å². The molecular formula is C16H17N3O. The number of hydrogen-bond acceptors (Lipinski definition) is 3. The standard InChI is InChI=1S/C16H17N3O/c1-10-4-5-15(11(2)8-10)19-16(17)9-14(18-19)13-6-7-20-12(13)3/h4-9H,17H2,1-3H3. The van der Waals surface area contributed by atoms with Crippen LogP contribution < -0.4 is 5.73 Å². The van der Waals surface area contributed by atoms with Gasteiger partial charge in [0, 0.05) is 11.6 Å². The Bertz CT molecular complexity index is 768. The molecule has 0 aliphatic rings. The van der Waals surface area contributed by atoms with E-state index in [0.29, 0.717) is 5.82 Å². The number of nitrogens with two attached hydrogens (primary N) is 1. The number of hydrogen-bond donors (Lipinski definition) is 1. The van der Waals surface area contributed by atoms with Crippen LogP contribution in [0, 0.1) is 20.8 Å². The van der Waals surface area contributed by atoms with E-state index in [0.717, 1.165) is 28.3 Å². The molecule has 2 N–H and O–H groups in total. The van der Waals surface area contributed by atoms with Crippen LogP contribution in [-0.2, 0) is 0 Å². The fourth-order valence-electron chi connectivity index (χ4n) is 2.41. The first-order valence-electron chi connectivity index (χ1n) is 6.54. The highest BCUT2D eigenvalue weighted by molar-refractivity contribution is 5.65. The molecule has 0 fully saturated rings. The van der Waals surface area contributed by atoms with Crippen molar-refractivity contribution in [3.05, 3.63) is 53.5 Å². The molecule has 0 spiro atoms. The Balaban J connectivity index is 2.12. The second-order valence-electron chi connectivity index (χ2n) is 5.05. The maximum absolute atomic E-state index is 6.11. The number of rotatable bonds is 2. The predicted octanol–water partition coefficient (Wildman–Crippen LogP) is 3.64. The van der Waals surface area contributed by atoms with Crippen LogP contribution in [0.4, 0.5) is 5.82 Å². The van der Waals surface area contributed by atoms with Crippen LogP contribution in [0.1, 0.15) is 16.9 Å². The minimum absolute atomic E-state index is 0.618. The summed E-state index contributed by atoms with van der Waals surface area (Å²) in [5, 5.41) is 4.61. The van der Waals surface area contributed by atoms with E-state index in [1.807, 2.05) is 25.1 Å². The third kappa shape index (κ3) is 1.99. The lowest BCUT2D eigenvalue weighted by atomic mass is 10.1. The molecule has 20 heavy (non-hydrogen) atoms. The summed E-state index contributed by atoms with van der Waals surface area (Å²) < 4.78 is 7.10. The lowest BCUT2D eigenvalue weighted by molar-refractivity contribution is 0.535. The van der Waals surface area contributed by atoms with Crippen LogP contribution in [-0.4, -0.2) is 9.78 Å². The van der Waals surface area contributed by atoms with E-state index in [-0.39, 0.29) is 0 Å². The van der Waals surface area contributed by atoms with E-state index >= 15 is 0 Å². The summed E-state index contributed by atoms with van der Waals surface area (Å²) in [7, 11) is 0. The van der Waals surface area contributed by atoms with Crippen molar-refractivity contribution in [2.75, 3.05) is 5.73 Å². The van der Waals surface area contributed by atoms with E-state index in [1.54, 1.807) is 10.9 Å². The van der Waals surface area contributed by atoms with Gasteiger partial charge < -0.3 is 10.2 Å². The quantitative estimate of drug-likeness (QED) is 0.771. The van der Waals surface area contributed by atoms with E-state index in [4.69, 9.17) is 10.2 Å². The molecule has 0 aliphatic carbocycles. The molecule has 0 atom stereocenters. The third-order valence-electron chi connectivity index (χ3n) is 3.45. The number of benzene rings is 1. The molecule has 0 bridgehead atoms. The number of nitrogens with zero attached hydrogens (tertiary/aromatic N) is 2.